The van der Waals surface area contributed by atoms with Crippen molar-refractivity contribution in [3.63, 3.8) is 0 Å². The Balaban J connectivity index is 1.28. The van der Waals surface area contributed by atoms with Gasteiger partial charge in [-0.05, 0) is 68.2 Å². The molecule has 0 bridgehead atoms. The summed E-state index contributed by atoms with van der Waals surface area (Å²) in [6, 6.07) is 10.6. The first-order chi connectivity index (χ1) is 17.0. The highest BCUT2D eigenvalue weighted by molar-refractivity contribution is 6.42. The molecule has 1 amide bonds. The number of nitrogens with one attached hydrogen (secondary N) is 1. The molecule has 3 unspecified atom stereocenters. The number of rotatable bonds is 7. The van der Waals surface area contributed by atoms with Crippen LogP contribution in [0.25, 0.3) is 0 Å². The highest BCUT2D eigenvalue weighted by Gasteiger charge is 2.33. The van der Waals surface area contributed by atoms with Gasteiger partial charge in [0.1, 0.15) is 19.3 Å². The molecule has 3 atom stereocenters. The maximum atomic E-state index is 13.3. The number of ether oxygens (including phenoxy) is 2. The summed E-state index contributed by atoms with van der Waals surface area (Å²) in [6.45, 7) is 4.92. The van der Waals surface area contributed by atoms with Gasteiger partial charge < -0.3 is 29.7 Å². The first kappa shape index (κ1) is 24.5. The quantitative estimate of drug-likeness (QED) is 0.577. The van der Waals surface area contributed by atoms with Crippen molar-refractivity contribution in [1.29, 1.82) is 0 Å². The minimum absolute atomic E-state index is 0.0339. The first-order valence-corrected chi connectivity index (χ1v) is 13.0. The maximum Gasteiger partial charge on any atom is 0.225 e. The van der Waals surface area contributed by atoms with E-state index in [1.807, 2.05) is 30.3 Å². The van der Waals surface area contributed by atoms with Gasteiger partial charge in [-0.1, -0.05) is 29.3 Å². The van der Waals surface area contributed by atoms with Gasteiger partial charge in [0.2, 0.25) is 5.91 Å². The molecule has 5 rings (SSSR count). The van der Waals surface area contributed by atoms with E-state index in [2.05, 4.69) is 15.1 Å². The molecule has 35 heavy (non-hydrogen) atoms. The van der Waals surface area contributed by atoms with Crippen LogP contribution >= 0.6 is 23.2 Å². The lowest BCUT2D eigenvalue weighted by Gasteiger charge is -2.30. The lowest BCUT2D eigenvalue weighted by atomic mass is 9.99. The zero-order valence-electron chi connectivity index (χ0n) is 19.6. The van der Waals surface area contributed by atoms with E-state index in [0.717, 1.165) is 44.6 Å². The molecule has 2 N–H and O–H groups in total. The van der Waals surface area contributed by atoms with Crippen molar-refractivity contribution in [3.8, 4) is 11.5 Å². The number of halogens is 2. The fraction of sp³-hybridized carbons (Fsp3) is 0.500. The van der Waals surface area contributed by atoms with E-state index < -0.39 is 12.1 Å². The largest absolute Gasteiger partial charge is 0.486 e. The van der Waals surface area contributed by atoms with Gasteiger partial charge in [0.15, 0.2) is 11.5 Å². The number of amides is 1. The number of aliphatic hydroxyl groups is 1. The molecule has 0 aromatic heterocycles. The number of anilines is 1. The third-order valence-corrected chi connectivity index (χ3v) is 7.84. The second-order valence-corrected chi connectivity index (χ2v) is 10.3. The van der Waals surface area contributed by atoms with Crippen molar-refractivity contribution in [1.82, 2.24) is 10.2 Å². The second-order valence-electron chi connectivity index (χ2n) is 9.50. The second kappa shape index (κ2) is 10.8. The van der Waals surface area contributed by atoms with Crippen LogP contribution < -0.4 is 19.7 Å². The number of aliphatic hydroxyl groups excluding tert-OH is 1. The van der Waals surface area contributed by atoms with E-state index in [0.29, 0.717) is 53.4 Å². The van der Waals surface area contributed by atoms with E-state index in [1.165, 1.54) is 0 Å². The van der Waals surface area contributed by atoms with Gasteiger partial charge in [-0.3, -0.25) is 4.79 Å². The normalized spacial score (nSPS) is 21.7. The number of hydrogen-bond acceptors (Lipinski definition) is 6. The average molecular weight is 520 g/mol. The van der Waals surface area contributed by atoms with Crippen molar-refractivity contribution in [3.05, 3.63) is 52.0 Å². The zero-order chi connectivity index (χ0) is 24.4. The molecule has 3 aliphatic rings. The molecular formula is C26H31Cl2N3O4. The first-order valence-electron chi connectivity index (χ1n) is 12.3. The molecule has 0 aliphatic carbocycles. The van der Waals surface area contributed by atoms with Gasteiger partial charge >= 0.3 is 0 Å². The summed E-state index contributed by atoms with van der Waals surface area (Å²) in [5.41, 5.74) is 1.67. The number of carbonyl (C=O) groups excluding carboxylic acids is 1. The average Bonchev–Trinajstić information content (AvgIpc) is 3.57. The van der Waals surface area contributed by atoms with E-state index in [1.54, 1.807) is 6.07 Å². The van der Waals surface area contributed by atoms with Crippen molar-refractivity contribution in [2.75, 3.05) is 50.8 Å². The molecule has 2 aromatic carbocycles. The number of fused-ring (bicyclic) bond motifs is 1. The summed E-state index contributed by atoms with van der Waals surface area (Å²) in [5, 5.41) is 15.5. The van der Waals surface area contributed by atoms with Gasteiger partial charge in [0.25, 0.3) is 0 Å². The van der Waals surface area contributed by atoms with Crippen LogP contribution in [-0.4, -0.2) is 67.9 Å². The number of hydrogen-bond donors (Lipinski definition) is 2. The van der Waals surface area contributed by atoms with Gasteiger partial charge in [-0.15, -0.1) is 0 Å². The van der Waals surface area contributed by atoms with Crippen LogP contribution in [-0.2, 0) is 4.79 Å². The Morgan fingerprint density at radius 3 is 2.57 bits per heavy atom. The summed E-state index contributed by atoms with van der Waals surface area (Å²) >= 11 is 12.2. The van der Waals surface area contributed by atoms with Gasteiger partial charge in [0, 0.05) is 25.3 Å². The Bertz CT molecular complexity index is 1060. The number of carbonyl (C=O) groups is 1. The fourth-order valence-electron chi connectivity index (χ4n) is 5.14. The van der Waals surface area contributed by atoms with E-state index in [4.69, 9.17) is 32.7 Å². The van der Waals surface area contributed by atoms with Crippen LogP contribution in [0.1, 0.15) is 30.9 Å². The molecule has 2 saturated heterocycles. The Kier molecular flexibility index (Phi) is 7.58. The Morgan fingerprint density at radius 1 is 1.03 bits per heavy atom. The lowest BCUT2D eigenvalue weighted by Crippen LogP contribution is -2.48. The smallest absolute Gasteiger partial charge is 0.225 e. The molecule has 7 nitrogen and oxygen atoms in total. The molecule has 2 fully saturated rings. The minimum Gasteiger partial charge on any atom is -0.486 e. The SMILES string of the molecule is O=C(NC(CN1CCCC1)C(O)c1ccc2c(c1)OCCO2)C1CCN(c2ccc(Cl)c(Cl)c2)C1. The van der Waals surface area contributed by atoms with Crippen molar-refractivity contribution >= 4 is 34.8 Å². The highest BCUT2D eigenvalue weighted by atomic mass is 35.5. The fourth-order valence-corrected chi connectivity index (χ4v) is 5.43. The topological polar surface area (TPSA) is 74.3 Å². The Labute approximate surface area is 215 Å². The van der Waals surface area contributed by atoms with Gasteiger partial charge in [-0.2, -0.15) is 0 Å². The van der Waals surface area contributed by atoms with Crippen LogP contribution in [0.3, 0.4) is 0 Å². The van der Waals surface area contributed by atoms with Crippen LogP contribution in [0.4, 0.5) is 5.69 Å². The van der Waals surface area contributed by atoms with E-state index in [9.17, 15) is 9.90 Å². The minimum atomic E-state index is -0.858. The monoisotopic (exact) mass is 519 g/mol. The molecule has 2 aromatic rings. The summed E-state index contributed by atoms with van der Waals surface area (Å²) in [4.78, 5) is 17.8. The summed E-state index contributed by atoms with van der Waals surface area (Å²) < 4.78 is 11.3. The third kappa shape index (κ3) is 5.64. The van der Waals surface area contributed by atoms with E-state index >= 15 is 0 Å². The zero-order valence-corrected chi connectivity index (χ0v) is 21.1. The predicted octanol–water partition coefficient (Wildman–Crippen LogP) is 3.91. The highest BCUT2D eigenvalue weighted by Crippen LogP contribution is 2.34. The van der Waals surface area contributed by atoms with Crippen LogP contribution in [0.15, 0.2) is 36.4 Å². The number of likely N-dealkylation sites (tertiary alicyclic amines) is 1. The third-order valence-electron chi connectivity index (χ3n) is 7.10. The Morgan fingerprint density at radius 2 is 1.80 bits per heavy atom. The van der Waals surface area contributed by atoms with Crippen LogP contribution in [0, 0.1) is 5.92 Å². The van der Waals surface area contributed by atoms with Crippen LogP contribution in [0.5, 0.6) is 11.5 Å². The van der Waals surface area contributed by atoms with Crippen molar-refractivity contribution in [2.24, 2.45) is 5.92 Å². The standard InChI is InChI=1S/C26H31Cl2N3O4/c27-20-5-4-19(14-21(20)28)31-10-7-18(15-31)26(33)29-22(16-30-8-1-2-9-30)25(32)17-3-6-23-24(13-17)35-12-11-34-23/h3-6,13-14,18,22,25,32H,1-2,7-12,15-16H2,(H,29,33). The summed E-state index contributed by atoms with van der Waals surface area (Å²) in [6.07, 6.45) is 2.16. The maximum absolute atomic E-state index is 13.3. The molecule has 188 valence electrons. The molecule has 3 aliphatic heterocycles. The van der Waals surface area contributed by atoms with Gasteiger partial charge in [0.05, 0.1) is 22.0 Å². The van der Waals surface area contributed by atoms with Gasteiger partial charge in [-0.25, -0.2) is 0 Å². The molecule has 3 heterocycles. The Hall–Kier alpha value is -2.19. The molecular weight excluding hydrogens is 489 g/mol. The number of benzene rings is 2. The van der Waals surface area contributed by atoms with Crippen LogP contribution in [0.2, 0.25) is 10.0 Å². The lowest BCUT2D eigenvalue weighted by molar-refractivity contribution is -0.126. The molecule has 0 spiro atoms. The van der Waals surface area contributed by atoms with Crippen molar-refractivity contribution < 1.29 is 19.4 Å². The molecule has 0 radical (unpaired) electrons. The summed E-state index contributed by atoms with van der Waals surface area (Å²) in [5.74, 6) is 1.11. The number of nitrogens with zero attached hydrogens (tertiary/aromatic N) is 2. The van der Waals surface area contributed by atoms with E-state index in [-0.39, 0.29) is 11.8 Å². The predicted molar refractivity (Wildman–Crippen MR) is 137 cm³/mol. The summed E-state index contributed by atoms with van der Waals surface area (Å²) in [7, 11) is 0. The molecule has 0 saturated carbocycles. The molecule has 9 heteroatoms. The van der Waals surface area contributed by atoms with Crippen molar-refractivity contribution in [2.45, 2.75) is 31.4 Å².